The molecule has 0 saturated heterocycles. The van der Waals surface area contributed by atoms with E-state index in [0.29, 0.717) is 16.9 Å². The Kier molecular flexibility index (Phi) is 5.61. The summed E-state index contributed by atoms with van der Waals surface area (Å²) in [7, 11) is 0. The summed E-state index contributed by atoms with van der Waals surface area (Å²) in [5.41, 5.74) is 2.65. The summed E-state index contributed by atoms with van der Waals surface area (Å²) in [4.78, 5) is 24.6. The minimum atomic E-state index is -0.417. The number of hydrogen-bond acceptors (Lipinski definition) is 4. The highest BCUT2D eigenvalue weighted by atomic mass is 19.1. The number of amides is 2. The summed E-state index contributed by atoms with van der Waals surface area (Å²) < 4.78 is 20.5. The van der Waals surface area contributed by atoms with Crippen LogP contribution in [0, 0.1) is 12.7 Å². The van der Waals surface area contributed by atoms with Gasteiger partial charge in [-0.05, 0) is 48.9 Å². The maximum absolute atomic E-state index is 14.0. The molecule has 4 aromatic rings. The molecule has 2 amide bonds. The number of carbonyl (C=O) groups is 2. The normalized spacial score (nSPS) is 10.6. The Morgan fingerprint density at radius 3 is 2.52 bits per heavy atom. The number of hydrogen-bond donors (Lipinski definition) is 2. The van der Waals surface area contributed by atoms with Crippen LogP contribution in [0.5, 0.6) is 0 Å². The first-order valence-corrected chi connectivity index (χ1v) is 9.54. The molecule has 0 atom stereocenters. The molecule has 0 aliphatic heterocycles. The van der Waals surface area contributed by atoms with Crippen LogP contribution in [-0.2, 0) is 6.54 Å². The second-order valence-corrected chi connectivity index (χ2v) is 6.82. The van der Waals surface area contributed by atoms with Gasteiger partial charge in [-0.15, -0.1) is 0 Å². The molecule has 7 nitrogen and oxygen atoms in total. The summed E-state index contributed by atoms with van der Waals surface area (Å²) in [5.74, 6) is -0.841. The third kappa shape index (κ3) is 4.37. The molecule has 0 aliphatic carbocycles. The van der Waals surface area contributed by atoms with Gasteiger partial charge in [-0.3, -0.25) is 9.59 Å². The Morgan fingerprint density at radius 2 is 1.81 bits per heavy atom. The van der Waals surface area contributed by atoms with E-state index in [1.54, 1.807) is 61.5 Å². The molecular weight excluding hydrogens is 399 g/mol. The molecule has 0 bridgehead atoms. The molecule has 0 spiro atoms. The number of para-hydroxylation sites is 1. The Labute approximate surface area is 177 Å². The predicted molar refractivity (Wildman–Crippen MR) is 113 cm³/mol. The number of rotatable bonds is 6. The van der Waals surface area contributed by atoms with Crippen LogP contribution in [0.4, 0.5) is 10.1 Å². The molecule has 31 heavy (non-hydrogen) atoms. The van der Waals surface area contributed by atoms with Crippen molar-refractivity contribution in [3.8, 4) is 5.69 Å². The number of benzene rings is 2. The largest absolute Gasteiger partial charge is 0.459 e. The summed E-state index contributed by atoms with van der Waals surface area (Å²) >= 11 is 0. The Morgan fingerprint density at radius 1 is 1.03 bits per heavy atom. The topological polar surface area (TPSA) is 89.2 Å². The fourth-order valence-electron chi connectivity index (χ4n) is 3.08. The summed E-state index contributed by atoms with van der Waals surface area (Å²) in [5, 5.41) is 9.71. The Bertz CT molecular complexity index is 1210. The maximum atomic E-state index is 14.0. The number of halogens is 1. The predicted octanol–water partition coefficient (Wildman–Crippen LogP) is 4.10. The molecule has 8 heteroatoms. The zero-order valence-corrected chi connectivity index (χ0v) is 16.6. The van der Waals surface area contributed by atoms with E-state index in [1.165, 1.54) is 23.2 Å². The van der Waals surface area contributed by atoms with E-state index in [4.69, 9.17) is 4.42 Å². The smallest absolute Gasteiger partial charge is 0.291 e. The zero-order chi connectivity index (χ0) is 21.8. The van der Waals surface area contributed by atoms with E-state index in [9.17, 15) is 14.0 Å². The number of carbonyl (C=O) groups excluding carboxylic acids is 2. The molecule has 156 valence electrons. The van der Waals surface area contributed by atoms with E-state index in [-0.39, 0.29) is 29.8 Å². The average molecular weight is 418 g/mol. The highest BCUT2D eigenvalue weighted by molar-refractivity contribution is 6.02. The summed E-state index contributed by atoms with van der Waals surface area (Å²) in [6, 6.07) is 16.5. The highest BCUT2D eigenvalue weighted by Gasteiger charge is 2.16. The summed E-state index contributed by atoms with van der Waals surface area (Å²) in [6.07, 6.45) is 2.85. The molecule has 2 aromatic heterocycles. The van der Waals surface area contributed by atoms with Gasteiger partial charge in [0.2, 0.25) is 0 Å². The van der Waals surface area contributed by atoms with E-state index < -0.39 is 5.82 Å². The first-order valence-electron chi connectivity index (χ1n) is 9.54. The quantitative estimate of drug-likeness (QED) is 0.494. The van der Waals surface area contributed by atoms with E-state index in [2.05, 4.69) is 15.7 Å². The van der Waals surface area contributed by atoms with Crippen molar-refractivity contribution in [1.82, 2.24) is 15.1 Å². The van der Waals surface area contributed by atoms with Gasteiger partial charge in [0.15, 0.2) is 5.76 Å². The maximum Gasteiger partial charge on any atom is 0.291 e. The Hall–Kier alpha value is -4.20. The van der Waals surface area contributed by atoms with Crippen molar-refractivity contribution in [2.75, 3.05) is 5.32 Å². The fourth-order valence-corrected chi connectivity index (χ4v) is 3.08. The van der Waals surface area contributed by atoms with Gasteiger partial charge < -0.3 is 15.1 Å². The third-order valence-corrected chi connectivity index (χ3v) is 4.74. The SMILES string of the molecule is Cc1c(C(=O)NCc2ccc(NC(=O)c3ccco3)cc2)cnn1-c1ccccc1F. The second kappa shape index (κ2) is 8.66. The van der Waals surface area contributed by atoms with Gasteiger partial charge >= 0.3 is 0 Å². The van der Waals surface area contributed by atoms with Crippen LogP contribution in [0.2, 0.25) is 0 Å². The fraction of sp³-hybridized carbons (Fsp3) is 0.0870. The van der Waals surface area contributed by atoms with E-state index >= 15 is 0 Å². The van der Waals surface area contributed by atoms with Gasteiger partial charge in [0.1, 0.15) is 11.5 Å². The first kappa shape index (κ1) is 20.1. The molecule has 0 aliphatic rings. The van der Waals surface area contributed by atoms with Gasteiger partial charge in [0.25, 0.3) is 11.8 Å². The zero-order valence-electron chi connectivity index (χ0n) is 16.6. The van der Waals surface area contributed by atoms with Gasteiger partial charge in [-0.1, -0.05) is 24.3 Å². The van der Waals surface area contributed by atoms with Crippen LogP contribution in [0.15, 0.2) is 77.5 Å². The lowest BCUT2D eigenvalue weighted by Gasteiger charge is -2.08. The van der Waals surface area contributed by atoms with E-state index in [1.807, 2.05) is 0 Å². The lowest BCUT2D eigenvalue weighted by atomic mass is 10.2. The standard InChI is InChI=1S/C23H19FN4O3/c1-15-18(14-26-28(15)20-6-3-2-5-19(20)24)22(29)25-13-16-8-10-17(11-9-16)27-23(30)21-7-4-12-31-21/h2-12,14H,13H2,1H3,(H,25,29)(H,27,30). The van der Waals surface area contributed by atoms with Crippen molar-refractivity contribution in [3.05, 3.63) is 102 Å². The monoisotopic (exact) mass is 418 g/mol. The molecule has 2 N–H and O–H groups in total. The molecule has 2 heterocycles. The van der Waals surface area contributed by atoms with Crippen molar-refractivity contribution in [2.24, 2.45) is 0 Å². The molecule has 0 unspecified atom stereocenters. The van der Waals surface area contributed by atoms with Crippen LogP contribution in [0.3, 0.4) is 0 Å². The minimum Gasteiger partial charge on any atom is -0.459 e. The van der Waals surface area contributed by atoms with Crippen molar-refractivity contribution >= 4 is 17.5 Å². The van der Waals surface area contributed by atoms with Gasteiger partial charge in [-0.2, -0.15) is 5.10 Å². The Balaban J connectivity index is 1.38. The van der Waals surface area contributed by atoms with Crippen molar-refractivity contribution in [1.29, 1.82) is 0 Å². The second-order valence-electron chi connectivity index (χ2n) is 6.82. The van der Waals surface area contributed by atoms with Gasteiger partial charge in [0, 0.05) is 12.2 Å². The van der Waals surface area contributed by atoms with Crippen molar-refractivity contribution in [3.63, 3.8) is 0 Å². The molecule has 0 saturated carbocycles. The molecule has 4 rings (SSSR count). The summed E-state index contributed by atoms with van der Waals surface area (Å²) in [6.45, 7) is 2.00. The van der Waals surface area contributed by atoms with Crippen molar-refractivity contribution < 1.29 is 18.4 Å². The number of nitrogens with one attached hydrogen (secondary N) is 2. The number of nitrogens with zero attached hydrogens (tertiary/aromatic N) is 2. The van der Waals surface area contributed by atoms with Gasteiger partial charge in [0.05, 0.1) is 23.7 Å². The molecular formula is C23H19FN4O3. The number of anilines is 1. The number of furan rings is 1. The average Bonchev–Trinajstić information content (AvgIpc) is 3.44. The lowest BCUT2D eigenvalue weighted by molar-refractivity contribution is 0.0949. The molecule has 0 fully saturated rings. The highest BCUT2D eigenvalue weighted by Crippen LogP contribution is 2.17. The van der Waals surface area contributed by atoms with Crippen LogP contribution in [0.1, 0.15) is 32.2 Å². The molecule has 0 radical (unpaired) electrons. The molecule has 2 aromatic carbocycles. The van der Waals surface area contributed by atoms with Crippen LogP contribution in [-0.4, -0.2) is 21.6 Å². The van der Waals surface area contributed by atoms with Gasteiger partial charge in [-0.25, -0.2) is 9.07 Å². The van der Waals surface area contributed by atoms with Crippen LogP contribution >= 0.6 is 0 Å². The van der Waals surface area contributed by atoms with Crippen molar-refractivity contribution in [2.45, 2.75) is 13.5 Å². The lowest BCUT2D eigenvalue weighted by Crippen LogP contribution is -2.23. The first-order chi connectivity index (χ1) is 15.0. The van der Waals surface area contributed by atoms with Crippen LogP contribution < -0.4 is 10.6 Å². The third-order valence-electron chi connectivity index (χ3n) is 4.74. The van der Waals surface area contributed by atoms with E-state index in [0.717, 1.165) is 5.56 Å². The van der Waals surface area contributed by atoms with Crippen LogP contribution in [0.25, 0.3) is 5.69 Å². The number of aromatic nitrogens is 2. The minimum absolute atomic E-state index is 0.225.